The predicted octanol–water partition coefficient (Wildman–Crippen LogP) is 2.04. The molecule has 0 radical (unpaired) electrons. The second-order valence-corrected chi connectivity index (χ2v) is 4.35. The summed E-state index contributed by atoms with van der Waals surface area (Å²) < 4.78 is 5.59. The predicted molar refractivity (Wildman–Crippen MR) is 60.5 cm³/mol. The van der Waals surface area contributed by atoms with E-state index < -0.39 is 0 Å². The normalized spacial score (nSPS) is 22.9. The van der Waals surface area contributed by atoms with E-state index >= 15 is 0 Å². The smallest absolute Gasteiger partial charge is 0.0666 e. The highest BCUT2D eigenvalue weighted by Crippen LogP contribution is 2.15. The summed E-state index contributed by atoms with van der Waals surface area (Å²) in [7, 11) is 0. The van der Waals surface area contributed by atoms with Crippen LogP contribution < -0.4 is 0 Å². The van der Waals surface area contributed by atoms with Crippen molar-refractivity contribution in [3.8, 4) is 6.07 Å². The minimum Gasteiger partial charge on any atom is -0.378 e. The molecule has 0 aliphatic carbocycles. The number of nitriles is 1. The average Bonchev–Trinajstić information content (AvgIpc) is 2.76. The highest BCUT2D eigenvalue weighted by atomic mass is 16.5. The molecule has 0 bridgehead atoms. The van der Waals surface area contributed by atoms with Crippen LogP contribution >= 0.6 is 0 Å². The Balaban J connectivity index is 2.18. The Morgan fingerprint density at radius 2 is 2.40 bits per heavy atom. The first-order chi connectivity index (χ1) is 7.26. The molecule has 3 nitrogen and oxygen atoms in total. The largest absolute Gasteiger partial charge is 0.378 e. The molecule has 1 aliphatic rings. The van der Waals surface area contributed by atoms with E-state index in [9.17, 15) is 0 Å². The molecule has 86 valence electrons. The molecule has 0 N–H and O–H groups in total. The number of ether oxygens (including phenoxy) is 1. The zero-order valence-corrected chi connectivity index (χ0v) is 9.91. The van der Waals surface area contributed by atoms with Gasteiger partial charge in [-0.3, -0.25) is 0 Å². The Bertz CT molecular complexity index is 206. The Hall–Kier alpha value is -0.590. The van der Waals surface area contributed by atoms with Gasteiger partial charge in [0.1, 0.15) is 0 Å². The van der Waals surface area contributed by atoms with Gasteiger partial charge in [0.2, 0.25) is 0 Å². The number of nitrogens with zero attached hydrogens (tertiary/aromatic N) is 2. The summed E-state index contributed by atoms with van der Waals surface area (Å²) in [5, 5.41) is 8.76. The minimum absolute atomic E-state index is 0.134. The third-order valence-electron chi connectivity index (χ3n) is 2.99. The zero-order valence-electron chi connectivity index (χ0n) is 9.91. The van der Waals surface area contributed by atoms with Crippen LogP contribution in [0.5, 0.6) is 0 Å². The summed E-state index contributed by atoms with van der Waals surface area (Å²) in [5.41, 5.74) is 0. The molecule has 15 heavy (non-hydrogen) atoms. The second-order valence-electron chi connectivity index (χ2n) is 4.35. The van der Waals surface area contributed by atoms with Gasteiger partial charge in [-0.05, 0) is 32.7 Å². The van der Waals surface area contributed by atoms with E-state index in [0.29, 0.717) is 6.10 Å². The van der Waals surface area contributed by atoms with Crippen LogP contribution in [-0.2, 0) is 4.74 Å². The highest BCUT2D eigenvalue weighted by Gasteiger charge is 2.16. The SMILES string of the molecule is CCN(CCC1CCCO1)CC(C)C#N. The van der Waals surface area contributed by atoms with Crippen LogP contribution in [0.4, 0.5) is 0 Å². The molecule has 1 fully saturated rings. The fraction of sp³-hybridized carbons (Fsp3) is 0.917. The molecule has 2 unspecified atom stereocenters. The van der Waals surface area contributed by atoms with Crippen LogP contribution in [0.15, 0.2) is 0 Å². The molecule has 3 heteroatoms. The molecule has 2 atom stereocenters. The van der Waals surface area contributed by atoms with Gasteiger partial charge in [0.25, 0.3) is 0 Å². The molecule has 0 saturated carbocycles. The summed E-state index contributed by atoms with van der Waals surface area (Å²) >= 11 is 0. The lowest BCUT2D eigenvalue weighted by Gasteiger charge is -2.22. The van der Waals surface area contributed by atoms with Crippen molar-refractivity contribution < 1.29 is 4.74 Å². The molecule has 1 rings (SSSR count). The maximum absolute atomic E-state index is 8.76. The first kappa shape index (κ1) is 12.5. The molecule has 1 saturated heterocycles. The van der Waals surface area contributed by atoms with Crippen molar-refractivity contribution in [1.82, 2.24) is 4.90 Å². The first-order valence-electron chi connectivity index (χ1n) is 5.99. The van der Waals surface area contributed by atoms with Gasteiger partial charge in [0.15, 0.2) is 0 Å². The van der Waals surface area contributed by atoms with Gasteiger partial charge in [0.05, 0.1) is 18.1 Å². The Labute approximate surface area is 93.0 Å². The standard InChI is InChI=1S/C12H22N2O/c1-3-14(10-11(2)9-13)7-6-12-5-4-8-15-12/h11-12H,3-8,10H2,1-2H3. The fourth-order valence-electron chi connectivity index (χ4n) is 2.01. The van der Waals surface area contributed by atoms with Crippen molar-refractivity contribution in [1.29, 1.82) is 5.26 Å². The number of rotatable bonds is 6. The van der Waals surface area contributed by atoms with Gasteiger partial charge < -0.3 is 9.64 Å². The van der Waals surface area contributed by atoms with Crippen LogP contribution in [0.1, 0.15) is 33.1 Å². The lowest BCUT2D eigenvalue weighted by Crippen LogP contribution is -2.30. The third kappa shape index (κ3) is 4.63. The van der Waals surface area contributed by atoms with Crippen LogP contribution in [0.2, 0.25) is 0 Å². The topological polar surface area (TPSA) is 36.3 Å². The fourth-order valence-corrected chi connectivity index (χ4v) is 2.01. The van der Waals surface area contributed by atoms with Crippen molar-refractivity contribution >= 4 is 0 Å². The Morgan fingerprint density at radius 1 is 1.60 bits per heavy atom. The third-order valence-corrected chi connectivity index (χ3v) is 2.99. The van der Waals surface area contributed by atoms with Crippen LogP contribution in [-0.4, -0.2) is 37.2 Å². The molecular weight excluding hydrogens is 188 g/mol. The van der Waals surface area contributed by atoms with E-state index in [4.69, 9.17) is 10.00 Å². The molecule has 0 aromatic rings. The van der Waals surface area contributed by atoms with Crippen molar-refractivity contribution in [3.05, 3.63) is 0 Å². The maximum Gasteiger partial charge on any atom is 0.0666 e. The van der Waals surface area contributed by atoms with Crippen LogP contribution in [0, 0.1) is 17.2 Å². The number of hydrogen-bond donors (Lipinski definition) is 0. The molecule has 0 aromatic carbocycles. The minimum atomic E-state index is 0.134. The molecule has 1 heterocycles. The first-order valence-corrected chi connectivity index (χ1v) is 5.99. The van der Waals surface area contributed by atoms with E-state index in [1.807, 2.05) is 6.92 Å². The molecular formula is C12H22N2O. The van der Waals surface area contributed by atoms with E-state index in [1.54, 1.807) is 0 Å². The summed E-state index contributed by atoms with van der Waals surface area (Å²) in [5.74, 6) is 0.134. The molecule has 0 amide bonds. The van der Waals surface area contributed by atoms with E-state index in [0.717, 1.165) is 32.7 Å². The summed E-state index contributed by atoms with van der Waals surface area (Å²) in [6.45, 7) is 8.05. The van der Waals surface area contributed by atoms with Gasteiger partial charge in [-0.2, -0.15) is 5.26 Å². The second kappa shape index (κ2) is 6.81. The molecule has 1 aliphatic heterocycles. The van der Waals surface area contributed by atoms with Crippen LogP contribution in [0.25, 0.3) is 0 Å². The Kier molecular flexibility index (Phi) is 5.67. The summed E-state index contributed by atoms with van der Waals surface area (Å²) in [6.07, 6.45) is 4.01. The van der Waals surface area contributed by atoms with Crippen molar-refractivity contribution in [3.63, 3.8) is 0 Å². The maximum atomic E-state index is 8.76. The molecule has 0 aromatic heterocycles. The van der Waals surface area contributed by atoms with Crippen molar-refractivity contribution in [2.24, 2.45) is 5.92 Å². The van der Waals surface area contributed by atoms with E-state index in [1.165, 1.54) is 12.8 Å². The van der Waals surface area contributed by atoms with Gasteiger partial charge >= 0.3 is 0 Å². The van der Waals surface area contributed by atoms with E-state index in [-0.39, 0.29) is 5.92 Å². The van der Waals surface area contributed by atoms with Gasteiger partial charge in [-0.1, -0.05) is 6.92 Å². The van der Waals surface area contributed by atoms with Gasteiger partial charge in [-0.25, -0.2) is 0 Å². The Morgan fingerprint density at radius 3 is 2.93 bits per heavy atom. The average molecular weight is 210 g/mol. The lowest BCUT2D eigenvalue weighted by molar-refractivity contribution is 0.0916. The number of hydrogen-bond acceptors (Lipinski definition) is 3. The monoisotopic (exact) mass is 210 g/mol. The van der Waals surface area contributed by atoms with Gasteiger partial charge in [-0.15, -0.1) is 0 Å². The van der Waals surface area contributed by atoms with Gasteiger partial charge in [0, 0.05) is 19.7 Å². The lowest BCUT2D eigenvalue weighted by atomic mass is 10.1. The summed E-state index contributed by atoms with van der Waals surface area (Å²) in [4.78, 5) is 2.34. The van der Waals surface area contributed by atoms with Crippen molar-refractivity contribution in [2.45, 2.75) is 39.2 Å². The zero-order chi connectivity index (χ0) is 11.1. The van der Waals surface area contributed by atoms with Crippen molar-refractivity contribution in [2.75, 3.05) is 26.2 Å². The van der Waals surface area contributed by atoms with E-state index in [2.05, 4.69) is 17.9 Å². The highest BCUT2D eigenvalue weighted by molar-refractivity contribution is 4.81. The molecule has 0 spiro atoms. The quantitative estimate of drug-likeness (QED) is 0.673. The van der Waals surface area contributed by atoms with Crippen LogP contribution in [0.3, 0.4) is 0 Å². The summed E-state index contributed by atoms with van der Waals surface area (Å²) in [6, 6.07) is 2.28.